The fourth-order valence-corrected chi connectivity index (χ4v) is 3.39. The van der Waals surface area contributed by atoms with Crippen molar-refractivity contribution < 1.29 is 23.8 Å². The van der Waals surface area contributed by atoms with Crippen LogP contribution in [0.5, 0.6) is 0 Å². The van der Waals surface area contributed by atoms with E-state index >= 15 is 0 Å². The molecule has 0 saturated carbocycles. The number of hydrogen-bond acceptors (Lipinski definition) is 3. The normalized spacial score (nSPS) is 15.9. The molecule has 0 aromatic heterocycles. The quantitative estimate of drug-likeness (QED) is 0.815. The van der Waals surface area contributed by atoms with E-state index in [4.69, 9.17) is 9.84 Å². The molecular weight excluding hydrogens is 349 g/mol. The summed E-state index contributed by atoms with van der Waals surface area (Å²) in [5, 5.41) is 11.7. The van der Waals surface area contributed by atoms with Gasteiger partial charge in [-0.15, -0.1) is 0 Å². The molecule has 3 rings (SSSR count). The highest BCUT2D eigenvalue weighted by molar-refractivity contribution is 5.99. The molecular formula is C21H22FNO4. The first-order valence-electron chi connectivity index (χ1n) is 8.96. The van der Waals surface area contributed by atoms with Crippen LogP contribution in [0, 0.1) is 5.82 Å². The van der Waals surface area contributed by atoms with Gasteiger partial charge in [0.25, 0.3) is 0 Å². The Kier molecular flexibility index (Phi) is 5.86. The average Bonchev–Trinajstić information content (AvgIpc) is 2.68. The fourth-order valence-electron chi connectivity index (χ4n) is 3.39. The summed E-state index contributed by atoms with van der Waals surface area (Å²) in [6, 6.07) is 13.2. The van der Waals surface area contributed by atoms with Crippen molar-refractivity contribution in [2.24, 2.45) is 0 Å². The lowest BCUT2D eigenvalue weighted by Gasteiger charge is -2.36. The van der Waals surface area contributed by atoms with Gasteiger partial charge in [0.15, 0.2) is 0 Å². The second-order valence-corrected chi connectivity index (χ2v) is 6.75. The van der Waals surface area contributed by atoms with Gasteiger partial charge in [-0.3, -0.25) is 9.59 Å². The molecule has 0 spiro atoms. The van der Waals surface area contributed by atoms with Crippen LogP contribution in [-0.4, -0.2) is 30.2 Å². The number of carbonyl (C=O) groups excluding carboxylic acids is 1. The summed E-state index contributed by atoms with van der Waals surface area (Å²) in [6.07, 6.45) is 1.57. The van der Waals surface area contributed by atoms with Gasteiger partial charge >= 0.3 is 5.97 Å². The van der Waals surface area contributed by atoms with Crippen LogP contribution in [0.2, 0.25) is 0 Å². The largest absolute Gasteiger partial charge is 0.481 e. The highest BCUT2D eigenvalue weighted by Gasteiger charge is 2.41. The highest BCUT2D eigenvalue weighted by atomic mass is 19.1. The van der Waals surface area contributed by atoms with E-state index in [0.717, 1.165) is 11.1 Å². The Bertz CT molecular complexity index is 796. The zero-order valence-electron chi connectivity index (χ0n) is 14.9. The molecule has 1 amide bonds. The average molecular weight is 371 g/mol. The molecule has 2 aromatic carbocycles. The van der Waals surface area contributed by atoms with E-state index in [2.05, 4.69) is 5.32 Å². The van der Waals surface area contributed by atoms with Gasteiger partial charge in [-0.05, 0) is 54.7 Å². The third-order valence-corrected chi connectivity index (χ3v) is 5.02. The maximum Gasteiger partial charge on any atom is 0.303 e. The van der Waals surface area contributed by atoms with E-state index in [-0.39, 0.29) is 18.1 Å². The smallest absolute Gasteiger partial charge is 0.303 e. The standard InChI is InChI=1S/C21H22FNO4/c22-17-6-4-16(5-7-17)21(11-13-27-14-12-21)20(26)23-18-8-1-15(2-9-18)3-10-19(24)25/h1-2,4-9H,3,10-14H2,(H,23,26)(H,24,25). The lowest BCUT2D eigenvalue weighted by molar-refractivity contribution is -0.137. The number of nitrogens with one attached hydrogen (secondary N) is 1. The minimum Gasteiger partial charge on any atom is -0.481 e. The summed E-state index contributed by atoms with van der Waals surface area (Å²) in [5.74, 6) is -1.32. The number of ether oxygens (including phenoxy) is 1. The van der Waals surface area contributed by atoms with Crippen LogP contribution >= 0.6 is 0 Å². The molecule has 0 atom stereocenters. The predicted molar refractivity (Wildman–Crippen MR) is 99.2 cm³/mol. The van der Waals surface area contributed by atoms with Crippen molar-refractivity contribution in [3.05, 3.63) is 65.5 Å². The Morgan fingerprint density at radius 1 is 1.04 bits per heavy atom. The second kappa shape index (κ2) is 8.31. The van der Waals surface area contributed by atoms with Crippen LogP contribution in [-0.2, 0) is 26.2 Å². The van der Waals surface area contributed by atoms with E-state index in [1.807, 2.05) is 12.1 Å². The van der Waals surface area contributed by atoms with Crippen molar-refractivity contribution in [3.63, 3.8) is 0 Å². The summed E-state index contributed by atoms with van der Waals surface area (Å²) in [7, 11) is 0. The number of anilines is 1. The summed E-state index contributed by atoms with van der Waals surface area (Å²) in [4.78, 5) is 23.8. The zero-order chi connectivity index (χ0) is 19.3. The molecule has 0 radical (unpaired) electrons. The number of amides is 1. The van der Waals surface area contributed by atoms with Gasteiger partial charge in [-0.2, -0.15) is 0 Å². The molecule has 142 valence electrons. The van der Waals surface area contributed by atoms with Crippen LogP contribution in [0.3, 0.4) is 0 Å². The van der Waals surface area contributed by atoms with E-state index in [1.165, 1.54) is 12.1 Å². The molecule has 1 fully saturated rings. The van der Waals surface area contributed by atoms with E-state index in [9.17, 15) is 14.0 Å². The minimum absolute atomic E-state index is 0.0688. The fraction of sp³-hybridized carbons (Fsp3) is 0.333. The van der Waals surface area contributed by atoms with Gasteiger partial charge in [0.05, 0.1) is 5.41 Å². The van der Waals surface area contributed by atoms with Gasteiger partial charge in [-0.1, -0.05) is 24.3 Å². The molecule has 6 heteroatoms. The number of aliphatic carboxylic acids is 1. The third kappa shape index (κ3) is 4.52. The first-order valence-corrected chi connectivity index (χ1v) is 8.96. The maximum atomic E-state index is 13.3. The van der Waals surface area contributed by atoms with Crippen LogP contribution in [0.25, 0.3) is 0 Å². The van der Waals surface area contributed by atoms with Crippen LogP contribution in [0.4, 0.5) is 10.1 Å². The van der Waals surface area contributed by atoms with Crippen molar-refractivity contribution in [1.29, 1.82) is 0 Å². The van der Waals surface area contributed by atoms with Crippen LogP contribution in [0.15, 0.2) is 48.5 Å². The van der Waals surface area contributed by atoms with Gasteiger partial charge < -0.3 is 15.2 Å². The molecule has 2 aromatic rings. The monoisotopic (exact) mass is 371 g/mol. The van der Waals surface area contributed by atoms with Crippen molar-refractivity contribution in [2.45, 2.75) is 31.1 Å². The SMILES string of the molecule is O=C(O)CCc1ccc(NC(=O)C2(c3ccc(F)cc3)CCOCC2)cc1. The Morgan fingerprint density at radius 3 is 2.26 bits per heavy atom. The number of aryl methyl sites for hydroxylation is 1. The van der Waals surface area contributed by atoms with Gasteiger partial charge in [-0.25, -0.2) is 4.39 Å². The van der Waals surface area contributed by atoms with E-state index < -0.39 is 11.4 Å². The molecule has 1 aliphatic rings. The molecule has 1 heterocycles. The van der Waals surface area contributed by atoms with Gasteiger partial charge in [0.1, 0.15) is 5.82 Å². The Hall–Kier alpha value is -2.73. The Balaban J connectivity index is 1.77. The highest BCUT2D eigenvalue weighted by Crippen LogP contribution is 2.36. The molecule has 5 nitrogen and oxygen atoms in total. The number of halogens is 1. The topological polar surface area (TPSA) is 75.6 Å². The maximum absolute atomic E-state index is 13.3. The number of hydrogen-bond donors (Lipinski definition) is 2. The van der Waals surface area contributed by atoms with E-state index in [1.54, 1.807) is 24.3 Å². The minimum atomic E-state index is -0.840. The van der Waals surface area contributed by atoms with Gasteiger partial charge in [0, 0.05) is 25.3 Å². The first-order chi connectivity index (χ1) is 13.0. The second-order valence-electron chi connectivity index (χ2n) is 6.75. The Labute approximate surface area is 157 Å². The number of rotatable bonds is 6. The lowest BCUT2D eigenvalue weighted by atomic mass is 9.73. The van der Waals surface area contributed by atoms with Gasteiger partial charge in [0.2, 0.25) is 5.91 Å². The summed E-state index contributed by atoms with van der Waals surface area (Å²) in [5.41, 5.74) is 1.57. The summed E-state index contributed by atoms with van der Waals surface area (Å²) in [6.45, 7) is 0.942. The molecule has 1 aliphatic heterocycles. The van der Waals surface area contributed by atoms with Crippen molar-refractivity contribution in [2.75, 3.05) is 18.5 Å². The number of carboxylic acids is 1. The zero-order valence-corrected chi connectivity index (χ0v) is 14.9. The van der Waals surface area contributed by atoms with Crippen LogP contribution < -0.4 is 5.32 Å². The lowest BCUT2D eigenvalue weighted by Crippen LogP contribution is -2.44. The number of benzene rings is 2. The molecule has 0 bridgehead atoms. The van der Waals surface area contributed by atoms with Crippen molar-refractivity contribution in [1.82, 2.24) is 0 Å². The summed E-state index contributed by atoms with van der Waals surface area (Å²) < 4.78 is 18.7. The van der Waals surface area contributed by atoms with Crippen molar-refractivity contribution >= 4 is 17.6 Å². The third-order valence-electron chi connectivity index (χ3n) is 5.02. The predicted octanol–water partition coefficient (Wildman–Crippen LogP) is 3.53. The number of carbonyl (C=O) groups is 2. The molecule has 2 N–H and O–H groups in total. The van der Waals surface area contributed by atoms with Crippen molar-refractivity contribution in [3.8, 4) is 0 Å². The molecule has 0 unspecified atom stereocenters. The molecule has 27 heavy (non-hydrogen) atoms. The molecule has 1 saturated heterocycles. The number of carboxylic acid groups (broad SMARTS) is 1. The van der Waals surface area contributed by atoms with E-state index in [0.29, 0.717) is 38.2 Å². The Morgan fingerprint density at radius 2 is 1.67 bits per heavy atom. The van der Waals surface area contributed by atoms with Crippen LogP contribution in [0.1, 0.15) is 30.4 Å². The molecule has 0 aliphatic carbocycles. The summed E-state index contributed by atoms with van der Waals surface area (Å²) >= 11 is 0. The first kappa shape index (κ1) is 19.0.